The minimum absolute atomic E-state index is 0.0213. The molecule has 0 aromatic rings. The predicted molar refractivity (Wildman–Crippen MR) is 55.7 cm³/mol. The molecule has 2 N–H and O–H groups in total. The minimum Gasteiger partial charge on any atom is -0.394 e. The Bertz CT molecular complexity index is 143. The van der Waals surface area contributed by atoms with Gasteiger partial charge >= 0.3 is 0 Å². The second-order valence-electron chi connectivity index (χ2n) is 4.48. The first-order chi connectivity index (χ1) is 6.23. The number of rotatable bonds is 5. The van der Waals surface area contributed by atoms with Crippen molar-refractivity contribution in [1.82, 2.24) is 5.32 Å². The molecule has 13 heavy (non-hydrogen) atoms. The highest BCUT2D eigenvalue weighted by molar-refractivity contribution is 4.92. The van der Waals surface area contributed by atoms with Crippen molar-refractivity contribution in [3.63, 3.8) is 0 Å². The second kappa shape index (κ2) is 4.97. The summed E-state index contributed by atoms with van der Waals surface area (Å²) >= 11 is 0. The van der Waals surface area contributed by atoms with Crippen LogP contribution < -0.4 is 5.32 Å². The molecule has 2 nitrogen and oxygen atoms in total. The lowest BCUT2D eigenvalue weighted by Crippen LogP contribution is -2.51. The van der Waals surface area contributed by atoms with Gasteiger partial charge in [-0.05, 0) is 38.6 Å². The summed E-state index contributed by atoms with van der Waals surface area (Å²) in [5.74, 6) is 0.684. The van der Waals surface area contributed by atoms with E-state index in [2.05, 4.69) is 19.2 Å². The van der Waals surface area contributed by atoms with Crippen molar-refractivity contribution in [3.8, 4) is 0 Å². The molecule has 1 aliphatic rings. The zero-order valence-electron chi connectivity index (χ0n) is 8.97. The Balaban J connectivity index is 2.45. The van der Waals surface area contributed by atoms with E-state index in [1.165, 1.54) is 25.7 Å². The van der Waals surface area contributed by atoms with Gasteiger partial charge in [-0.25, -0.2) is 0 Å². The first-order valence-corrected chi connectivity index (χ1v) is 5.59. The van der Waals surface area contributed by atoms with Gasteiger partial charge in [0.1, 0.15) is 0 Å². The van der Waals surface area contributed by atoms with Gasteiger partial charge < -0.3 is 10.4 Å². The van der Waals surface area contributed by atoms with Crippen LogP contribution in [0.5, 0.6) is 0 Å². The van der Waals surface area contributed by atoms with Crippen LogP contribution in [0.4, 0.5) is 0 Å². The van der Waals surface area contributed by atoms with Gasteiger partial charge in [0, 0.05) is 5.54 Å². The molecule has 1 aliphatic carbocycles. The lowest BCUT2D eigenvalue weighted by atomic mass is 9.85. The lowest BCUT2D eigenvalue weighted by Gasteiger charge is -2.35. The van der Waals surface area contributed by atoms with Gasteiger partial charge in [0.15, 0.2) is 0 Å². The smallest absolute Gasteiger partial charge is 0.0613 e. The fourth-order valence-corrected chi connectivity index (χ4v) is 2.30. The van der Waals surface area contributed by atoms with Crippen molar-refractivity contribution in [3.05, 3.63) is 0 Å². The van der Waals surface area contributed by atoms with E-state index in [1.54, 1.807) is 0 Å². The summed E-state index contributed by atoms with van der Waals surface area (Å²) in [6.07, 6.45) is 6.39. The number of hydrogen-bond donors (Lipinski definition) is 2. The molecule has 0 aromatic carbocycles. The van der Waals surface area contributed by atoms with Crippen LogP contribution in [-0.2, 0) is 0 Å². The van der Waals surface area contributed by atoms with Crippen LogP contribution in [0.15, 0.2) is 0 Å². The molecule has 2 heteroatoms. The SMILES string of the molecule is CCCNC(C)(CO)C1CCCC1. The molecule has 0 aliphatic heterocycles. The Labute approximate surface area is 81.7 Å². The van der Waals surface area contributed by atoms with E-state index in [4.69, 9.17) is 0 Å². The molecule has 1 saturated carbocycles. The Morgan fingerprint density at radius 2 is 2.00 bits per heavy atom. The van der Waals surface area contributed by atoms with Crippen LogP contribution in [0.1, 0.15) is 46.0 Å². The van der Waals surface area contributed by atoms with Crippen LogP contribution in [0, 0.1) is 5.92 Å². The first kappa shape index (κ1) is 11.0. The van der Waals surface area contributed by atoms with Crippen LogP contribution in [0.25, 0.3) is 0 Å². The topological polar surface area (TPSA) is 32.3 Å². The summed E-state index contributed by atoms with van der Waals surface area (Å²) in [5.41, 5.74) is -0.0213. The van der Waals surface area contributed by atoms with E-state index in [-0.39, 0.29) is 12.1 Å². The normalized spacial score (nSPS) is 23.3. The highest BCUT2D eigenvalue weighted by Gasteiger charge is 2.34. The third kappa shape index (κ3) is 2.68. The average Bonchev–Trinajstić information content (AvgIpc) is 2.67. The third-order valence-corrected chi connectivity index (χ3v) is 3.36. The standard InChI is InChI=1S/C11H23NO/c1-3-8-12-11(2,9-13)10-6-4-5-7-10/h10,12-13H,3-9H2,1-2H3. The van der Waals surface area contributed by atoms with Crippen molar-refractivity contribution in [2.45, 2.75) is 51.5 Å². The maximum Gasteiger partial charge on any atom is 0.0613 e. The Morgan fingerprint density at radius 3 is 2.46 bits per heavy atom. The molecule has 0 spiro atoms. The van der Waals surface area contributed by atoms with E-state index in [9.17, 15) is 5.11 Å². The fraction of sp³-hybridized carbons (Fsp3) is 1.00. The number of aliphatic hydroxyl groups excluding tert-OH is 1. The van der Waals surface area contributed by atoms with Crippen LogP contribution in [-0.4, -0.2) is 23.8 Å². The molecule has 0 saturated heterocycles. The molecule has 1 atom stereocenters. The summed E-state index contributed by atoms with van der Waals surface area (Å²) < 4.78 is 0. The van der Waals surface area contributed by atoms with Crippen molar-refractivity contribution < 1.29 is 5.11 Å². The lowest BCUT2D eigenvalue weighted by molar-refractivity contribution is 0.120. The largest absolute Gasteiger partial charge is 0.394 e. The molecule has 1 unspecified atom stereocenters. The summed E-state index contributed by atoms with van der Waals surface area (Å²) in [5, 5.41) is 12.9. The monoisotopic (exact) mass is 185 g/mol. The number of nitrogens with one attached hydrogen (secondary N) is 1. The van der Waals surface area contributed by atoms with E-state index >= 15 is 0 Å². The first-order valence-electron chi connectivity index (χ1n) is 5.59. The van der Waals surface area contributed by atoms with Gasteiger partial charge in [-0.15, -0.1) is 0 Å². The van der Waals surface area contributed by atoms with E-state index < -0.39 is 0 Å². The molecular formula is C11H23NO. The molecular weight excluding hydrogens is 162 g/mol. The fourth-order valence-electron chi connectivity index (χ4n) is 2.30. The van der Waals surface area contributed by atoms with E-state index in [1.807, 2.05) is 0 Å². The number of aliphatic hydroxyl groups is 1. The van der Waals surface area contributed by atoms with Crippen molar-refractivity contribution in [1.29, 1.82) is 0 Å². The third-order valence-electron chi connectivity index (χ3n) is 3.36. The molecule has 0 amide bonds. The van der Waals surface area contributed by atoms with Crippen molar-refractivity contribution >= 4 is 0 Å². The molecule has 1 rings (SSSR count). The van der Waals surface area contributed by atoms with Gasteiger partial charge in [0.25, 0.3) is 0 Å². The summed E-state index contributed by atoms with van der Waals surface area (Å²) in [6.45, 7) is 5.63. The summed E-state index contributed by atoms with van der Waals surface area (Å²) in [7, 11) is 0. The van der Waals surface area contributed by atoms with Gasteiger partial charge in [-0.1, -0.05) is 19.8 Å². The number of hydrogen-bond acceptors (Lipinski definition) is 2. The maximum absolute atomic E-state index is 9.41. The molecule has 1 fully saturated rings. The maximum atomic E-state index is 9.41. The molecule has 78 valence electrons. The quantitative estimate of drug-likeness (QED) is 0.686. The van der Waals surface area contributed by atoms with E-state index in [0.29, 0.717) is 5.92 Å². The Morgan fingerprint density at radius 1 is 1.38 bits per heavy atom. The molecule has 0 aromatic heterocycles. The molecule has 0 bridgehead atoms. The predicted octanol–water partition coefficient (Wildman–Crippen LogP) is 1.93. The van der Waals surface area contributed by atoms with E-state index in [0.717, 1.165) is 13.0 Å². The Hall–Kier alpha value is -0.0800. The van der Waals surface area contributed by atoms with Crippen LogP contribution >= 0.6 is 0 Å². The second-order valence-corrected chi connectivity index (χ2v) is 4.48. The average molecular weight is 185 g/mol. The minimum atomic E-state index is -0.0213. The van der Waals surface area contributed by atoms with Crippen molar-refractivity contribution in [2.75, 3.05) is 13.2 Å². The van der Waals surface area contributed by atoms with Crippen LogP contribution in [0.3, 0.4) is 0 Å². The molecule has 0 radical (unpaired) electrons. The van der Waals surface area contributed by atoms with Crippen LogP contribution in [0.2, 0.25) is 0 Å². The highest BCUT2D eigenvalue weighted by Crippen LogP contribution is 2.33. The zero-order chi connectivity index (χ0) is 9.73. The highest BCUT2D eigenvalue weighted by atomic mass is 16.3. The zero-order valence-corrected chi connectivity index (χ0v) is 8.97. The van der Waals surface area contributed by atoms with Gasteiger partial charge in [-0.2, -0.15) is 0 Å². The van der Waals surface area contributed by atoms with Gasteiger partial charge in [-0.3, -0.25) is 0 Å². The Kier molecular flexibility index (Phi) is 4.20. The summed E-state index contributed by atoms with van der Waals surface area (Å²) in [4.78, 5) is 0. The summed E-state index contributed by atoms with van der Waals surface area (Å²) in [6, 6.07) is 0. The van der Waals surface area contributed by atoms with Gasteiger partial charge in [0.05, 0.1) is 6.61 Å². The van der Waals surface area contributed by atoms with Gasteiger partial charge in [0.2, 0.25) is 0 Å². The molecule has 0 heterocycles. The van der Waals surface area contributed by atoms with Crippen molar-refractivity contribution in [2.24, 2.45) is 5.92 Å².